The van der Waals surface area contributed by atoms with Crippen LogP contribution in [0.1, 0.15) is 39.0 Å². The van der Waals surface area contributed by atoms with E-state index >= 15 is 0 Å². The van der Waals surface area contributed by atoms with Crippen LogP contribution < -0.4 is 16.4 Å². The van der Waals surface area contributed by atoms with E-state index < -0.39 is 18.3 Å². The van der Waals surface area contributed by atoms with Crippen molar-refractivity contribution in [3.63, 3.8) is 0 Å². The van der Waals surface area contributed by atoms with Gasteiger partial charge in [-0.05, 0) is 45.7 Å². The zero-order valence-corrected chi connectivity index (χ0v) is 13.0. The Labute approximate surface area is 126 Å². The van der Waals surface area contributed by atoms with Crippen LogP contribution in [0.5, 0.6) is 0 Å². The molecule has 7 nitrogen and oxygen atoms in total. The average Bonchev–Trinajstić information content (AvgIpc) is 2.91. The molecule has 0 radical (unpaired) electrons. The number of carbonyl (C=O) groups excluding carboxylic acids is 2. The lowest BCUT2D eigenvalue weighted by atomic mass is 10.1. The first-order valence-corrected chi connectivity index (χ1v) is 7.63. The van der Waals surface area contributed by atoms with Gasteiger partial charge < -0.3 is 26.4 Å². The van der Waals surface area contributed by atoms with Crippen LogP contribution >= 0.6 is 0 Å². The van der Waals surface area contributed by atoms with Crippen molar-refractivity contribution in [1.82, 2.24) is 15.5 Å². The van der Waals surface area contributed by atoms with Gasteiger partial charge in [-0.15, -0.1) is 0 Å². The van der Waals surface area contributed by atoms with Gasteiger partial charge in [0.1, 0.15) is 12.3 Å². The van der Waals surface area contributed by atoms with Crippen LogP contribution in [0.4, 0.5) is 0 Å². The van der Waals surface area contributed by atoms with Crippen molar-refractivity contribution in [2.75, 3.05) is 20.1 Å². The Morgan fingerprint density at radius 3 is 2.71 bits per heavy atom. The molecular formula is C14H28N4O3. The fourth-order valence-electron chi connectivity index (χ4n) is 2.69. The molecule has 0 saturated carbocycles. The van der Waals surface area contributed by atoms with Gasteiger partial charge >= 0.3 is 0 Å². The van der Waals surface area contributed by atoms with Gasteiger partial charge in [0.05, 0.1) is 6.04 Å². The number of nitrogens with zero attached hydrogens (tertiary/aromatic N) is 1. The van der Waals surface area contributed by atoms with Crippen LogP contribution in [0.2, 0.25) is 0 Å². The van der Waals surface area contributed by atoms with E-state index in [9.17, 15) is 14.7 Å². The summed E-state index contributed by atoms with van der Waals surface area (Å²) in [6, 6.07) is -0.898. The predicted molar refractivity (Wildman–Crippen MR) is 80.3 cm³/mol. The maximum Gasteiger partial charge on any atom is 0.243 e. The number of unbranched alkanes of at least 4 members (excludes halogenated alkanes) is 1. The van der Waals surface area contributed by atoms with Crippen LogP contribution in [-0.4, -0.2) is 60.3 Å². The Morgan fingerprint density at radius 2 is 2.14 bits per heavy atom. The number of aliphatic hydroxyl groups excluding tert-OH is 1. The van der Waals surface area contributed by atoms with Crippen LogP contribution in [0, 0.1) is 0 Å². The van der Waals surface area contributed by atoms with E-state index in [1.54, 1.807) is 4.90 Å². The smallest absolute Gasteiger partial charge is 0.243 e. The number of amides is 2. The molecule has 1 fully saturated rings. The summed E-state index contributed by atoms with van der Waals surface area (Å²) in [5.41, 5.74) is 5.54. The molecule has 5 N–H and O–H groups in total. The van der Waals surface area contributed by atoms with E-state index in [4.69, 9.17) is 5.73 Å². The van der Waals surface area contributed by atoms with Crippen molar-refractivity contribution in [2.24, 2.45) is 5.73 Å². The average molecular weight is 300 g/mol. The second-order valence-corrected chi connectivity index (χ2v) is 5.58. The molecule has 7 heteroatoms. The predicted octanol–water partition coefficient (Wildman–Crippen LogP) is -0.851. The van der Waals surface area contributed by atoms with E-state index in [2.05, 4.69) is 10.6 Å². The van der Waals surface area contributed by atoms with Crippen molar-refractivity contribution in [3.05, 3.63) is 0 Å². The van der Waals surface area contributed by atoms with Gasteiger partial charge in [-0.2, -0.15) is 0 Å². The van der Waals surface area contributed by atoms with Crippen molar-refractivity contribution >= 4 is 11.8 Å². The topological polar surface area (TPSA) is 108 Å². The molecule has 0 spiro atoms. The van der Waals surface area contributed by atoms with Gasteiger partial charge in [-0.25, -0.2) is 0 Å². The van der Waals surface area contributed by atoms with Gasteiger partial charge in [0.15, 0.2) is 0 Å². The first kappa shape index (κ1) is 17.9. The molecule has 122 valence electrons. The quantitative estimate of drug-likeness (QED) is 0.345. The minimum absolute atomic E-state index is 0.0912. The molecule has 21 heavy (non-hydrogen) atoms. The second kappa shape index (κ2) is 8.96. The molecule has 1 aliphatic rings. The molecule has 1 heterocycles. The summed E-state index contributed by atoms with van der Waals surface area (Å²) < 4.78 is 0. The molecule has 0 aliphatic carbocycles. The summed E-state index contributed by atoms with van der Waals surface area (Å²) in [4.78, 5) is 25.3. The number of nitrogens with two attached hydrogens (primary N) is 1. The minimum atomic E-state index is -1.09. The van der Waals surface area contributed by atoms with Crippen molar-refractivity contribution in [3.8, 4) is 0 Å². The maximum atomic E-state index is 12.3. The fraction of sp³-hybridized carbons (Fsp3) is 0.857. The third-order valence-electron chi connectivity index (χ3n) is 3.89. The van der Waals surface area contributed by atoms with E-state index in [0.717, 1.165) is 25.8 Å². The number of hydrogen-bond acceptors (Lipinski definition) is 5. The Morgan fingerprint density at radius 1 is 1.43 bits per heavy atom. The molecule has 0 bridgehead atoms. The third-order valence-corrected chi connectivity index (χ3v) is 3.89. The van der Waals surface area contributed by atoms with Gasteiger partial charge in [-0.1, -0.05) is 0 Å². The SMILES string of the molecule is CNCCCCC(NC(=O)C1CCCN1C(C)=O)C(N)O. The van der Waals surface area contributed by atoms with E-state index in [1.807, 2.05) is 7.05 Å². The number of hydrogen-bond donors (Lipinski definition) is 4. The van der Waals surface area contributed by atoms with Gasteiger partial charge in [0.2, 0.25) is 11.8 Å². The Kier molecular flexibility index (Phi) is 7.63. The number of rotatable bonds is 8. The molecule has 3 unspecified atom stereocenters. The summed E-state index contributed by atoms with van der Waals surface area (Å²) in [6.07, 6.45) is 2.85. The molecule has 1 aliphatic heterocycles. The normalized spacial score (nSPS) is 21.1. The highest BCUT2D eigenvalue weighted by Gasteiger charge is 2.33. The lowest BCUT2D eigenvalue weighted by molar-refractivity contribution is -0.137. The van der Waals surface area contributed by atoms with Gasteiger partial charge in [-0.3, -0.25) is 9.59 Å². The molecular weight excluding hydrogens is 272 g/mol. The summed E-state index contributed by atoms with van der Waals surface area (Å²) in [5.74, 6) is -0.308. The largest absolute Gasteiger partial charge is 0.377 e. The fourth-order valence-corrected chi connectivity index (χ4v) is 2.69. The van der Waals surface area contributed by atoms with Gasteiger partial charge in [0, 0.05) is 13.5 Å². The Bertz CT molecular complexity index is 349. The second-order valence-electron chi connectivity index (χ2n) is 5.58. The highest BCUT2D eigenvalue weighted by Crippen LogP contribution is 2.18. The Balaban J connectivity index is 2.50. The van der Waals surface area contributed by atoms with Gasteiger partial charge in [0.25, 0.3) is 0 Å². The summed E-state index contributed by atoms with van der Waals surface area (Å²) in [5, 5.41) is 15.4. The zero-order chi connectivity index (χ0) is 15.8. The molecule has 0 aromatic rings. The summed E-state index contributed by atoms with van der Waals surface area (Å²) in [6.45, 7) is 2.98. The summed E-state index contributed by atoms with van der Waals surface area (Å²) >= 11 is 0. The molecule has 2 amide bonds. The van der Waals surface area contributed by atoms with Crippen molar-refractivity contribution in [1.29, 1.82) is 0 Å². The monoisotopic (exact) mass is 300 g/mol. The highest BCUT2D eigenvalue weighted by atomic mass is 16.3. The summed E-state index contributed by atoms with van der Waals surface area (Å²) in [7, 11) is 1.88. The lowest BCUT2D eigenvalue weighted by Gasteiger charge is -2.27. The van der Waals surface area contributed by atoms with E-state index in [0.29, 0.717) is 19.4 Å². The van der Waals surface area contributed by atoms with Crippen LogP contribution in [0.3, 0.4) is 0 Å². The van der Waals surface area contributed by atoms with E-state index in [-0.39, 0.29) is 11.8 Å². The third kappa shape index (κ3) is 5.61. The highest BCUT2D eigenvalue weighted by molar-refractivity contribution is 5.87. The van der Waals surface area contributed by atoms with Crippen molar-refractivity contribution in [2.45, 2.75) is 57.3 Å². The number of nitrogens with one attached hydrogen (secondary N) is 2. The molecule has 0 aromatic heterocycles. The standard InChI is InChI=1S/C14H28N4O3/c1-10(19)18-9-5-7-12(18)14(21)17-11(13(15)20)6-3-4-8-16-2/h11-13,16,20H,3-9,15H2,1-2H3,(H,17,21). The lowest BCUT2D eigenvalue weighted by Crippen LogP contribution is -2.53. The molecule has 3 atom stereocenters. The van der Waals surface area contributed by atoms with Crippen LogP contribution in [0.15, 0.2) is 0 Å². The number of aliphatic hydroxyl groups is 1. The Hall–Kier alpha value is -1.18. The van der Waals surface area contributed by atoms with Crippen LogP contribution in [0.25, 0.3) is 0 Å². The molecule has 0 aromatic carbocycles. The first-order valence-electron chi connectivity index (χ1n) is 7.63. The minimum Gasteiger partial charge on any atom is -0.377 e. The van der Waals surface area contributed by atoms with E-state index in [1.165, 1.54) is 6.92 Å². The molecule has 1 rings (SSSR count). The first-order chi connectivity index (χ1) is 9.97. The van der Waals surface area contributed by atoms with Crippen molar-refractivity contribution < 1.29 is 14.7 Å². The zero-order valence-electron chi connectivity index (χ0n) is 13.0. The molecule has 1 saturated heterocycles. The number of carbonyl (C=O) groups is 2. The maximum absolute atomic E-state index is 12.3. The number of likely N-dealkylation sites (tertiary alicyclic amines) is 1. The van der Waals surface area contributed by atoms with Crippen LogP contribution in [-0.2, 0) is 9.59 Å².